The molecule has 1 N–H and O–H groups in total. The van der Waals surface area contributed by atoms with Gasteiger partial charge in [-0.1, -0.05) is 36.5 Å². The highest BCUT2D eigenvalue weighted by atomic mass is 32.1. The largest absolute Gasteiger partial charge is 0.306 e. The summed E-state index contributed by atoms with van der Waals surface area (Å²) in [5, 5.41) is 10.2. The number of fused-ring (bicyclic) bond motifs is 1. The minimum atomic E-state index is 0.123. The maximum atomic E-state index is 4.28. The van der Waals surface area contributed by atoms with Gasteiger partial charge in [-0.3, -0.25) is 4.98 Å². The average molecular weight is 298 g/mol. The standard InChI is InChI=1S/C16H18N4S/c1-3-14-16(21-20-19-14)15(18-4-2)12-7-5-6-11-8-9-17-10-13(11)12/h5-10,15,18H,3-4H2,1-2H3. The smallest absolute Gasteiger partial charge is 0.0804 e. The van der Waals surface area contributed by atoms with Crippen LogP contribution in [-0.4, -0.2) is 21.1 Å². The first kappa shape index (κ1) is 14.1. The SMILES string of the molecule is CCNC(c1snnc1CC)c1cccc2ccncc12. The van der Waals surface area contributed by atoms with Crippen molar-refractivity contribution in [3.63, 3.8) is 0 Å². The Morgan fingerprint density at radius 2 is 2.14 bits per heavy atom. The van der Waals surface area contributed by atoms with E-state index in [0.717, 1.165) is 18.7 Å². The van der Waals surface area contributed by atoms with E-state index in [1.165, 1.54) is 32.7 Å². The first-order valence-corrected chi connectivity index (χ1v) is 7.99. The molecule has 0 fully saturated rings. The zero-order valence-electron chi connectivity index (χ0n) is 12.2. The van der Waals surface area contributed by atoms with Gasteiger partial charge in [0.2, 0.25) is 0 Å². The van der Waals surface area contributed by atoms with Crippen LogP contribution in [0.1, 0.15) is 36.0 Å². The Morgan fingerprint density at radius 1 is 1.24 bits per heavy atom. The second kappa shape index (κ2) is 6.28. The van der Waals surface area contributed by atoms with Gasteiger partial charge in [0.05, 0.1) is 16.6 Å². The highest BCUT2D eigenvalue weighted by Gasteiger charge is 2.21. The van der Waals surface area contributed by atoms with Gasteiger partial charge in [0.25, 0.3) is 0 Å². The summed E-state index contributed by atoms with van der Waals surface area (Å²) in [4.78, 5) is 5.49. The molecule has 0 aliphatic rings. The molecule has 5 heteroatoms. The van der Waals surface area contributed by atoms with Crippen molar-refractivity contribution in [1.82, 2.24) is 19.9 Å². The Balaban J connectivity index is 2.16. The quantitative estimate of drug-likeness (QED) is 0.785. The minimum Gasteiger partial charge on any atom is -0.306 e. The molecule has 2 heterocycles. The highest BCUT2D eigenvalue weighted by molar-refractivity contribution is 7.05. The molecule has 4 nitrogen and oxygen atoms in total. The van der Waals surface area contributed by atoms with Crippen LogP contribution >= 0.6 is 11.5 Å². The third-order valence-electron chi connectivity index (χ3n) is 3.62. The number of hydrogen-bond donors (Lipinski definition) is 1. The van der Waals surface area contributed by atoms with Crippen molar-refractivity contribution < 1.29 is 0 Å². The Labute approximate surface area is 128 Å². The van der Waals surface area contributed by atoms with E-state index < -0.39 is 0 Å². The fraction of sp³-hybridized carbons (Fsp3) is 0.312. The predicted molar refractivity (Wildman–Crippen MR) is 86.5 cm³/mol. The van der Waals surface area contributed by atoms with Crippen LogP contribution in [0.15, 0.2) is 36.7 Å². The number of pyridine rings is 1. The lowest BCUT2D eigenvalue weighted by atomic mass is 9.98. The van der Waals surface area contributed by atoms with Crippen molar-refractivity contribution >= 4 is 22.3 Å². The van der Waals surface area contributed by atoms with E-state index in [9.17, 15) is 0 Å². The normalized spacial score (nSPS) is 12.7. The van der Waals surface area contributed by atoms with Gasteiger partial charge in [0, 0.05) is 17.8 Å². The van der Waals surface area contributed by atoms with E-state index >= 15 is 0 Å². The molecule has 21 heavy (non-hydrogen) atoms. The molecule has 1 atom stereocenters. The van der Waals surface area contributed by atoms with Crippen LogP contribution in [0.2, 0.25) is 0 Å². The molecule has 0 radical (unpaired) electrons. The molecule has 0 spiro atoms. The Hall–Kier alpha value is -1.85. The van der Waals surface area contributed by atoms with Crippen molar-refractivity contribution in [3.8, 4) is 0 Å². The number of benzene rings is 1. The fourth-order valence-corrected chi connectivity index (χ4v) is 3.45. The van der Waals surface area contributed by atoms with Gasteiger partial charge in [0.1, 0.15) is 0 Å². The lowest BCUT2D eigenvalue weighted by Gasteiger charge is -2.19. The van der Waals surface area contributed by atoms with Gasteiger partial charge < -0.3 is 5.32 Å². The van der Waals surface area contributed by atoms with E-state index in [1.807, 2.05) is 18.5 Å². The van der Waals surface area contributed by atoms with Crippen molar-refractivity contribution in [1.29, 1.82) is 0 Å². The van der Waals surface area contributed by atoms with Crippen LogP contribution in [0.5, 0.6) is 0 Å². The number of nitrogens with zero attached hydrogens (tertiary/aromatic N) is 3. The van der Waals surface area contributed by atoms with E-state index in [-0.39, 0.29) is 6.04 Å². The zero-order valence-corrected chi connectivity index (χ0v) is 13.0. The molecule has 0 aliphatic carbocycles. The summed E-state index contributed by atoms with van der Waals surface area (Å²) >= 11 is 1.48. The third kappa shape index (κ3) is 2.66. The first-order valence-electron chi connectivity index (χ1n) is 7.22. The molecular formula is C16H18N4S. The van der Waals surface area contributed by atoms with Gasteiger partial charge >= 0.3 is 0 Å². The lowest BCUT2D eigenvalue weighted by Crippen LogP contribution is -2.22. The summed E-state index contributed by atoms with van der Waals surface area (Å²) in [6.07, 6.45) is 4.67. The van der Waals surface area contributed by atoms with E-state index in [4.69, 9.17) is 0 Å². The van der Waals surface area contributed by atoms with Gasteiger partial charge in [0.15, 0.2) is 0 Å². The van der Waals surface area contributed by atoms with Gasteiger partial charge in [-0.15, -0.1) is 5.10 Å². The number of aryl methyl sites for hydroxylation is 1. The van der Waals surface area contributed by atoms with Crippen molar-refractivity contribution in [2.75, 3.05) is 6.54 Å². The second-order valence-electron chi connectivity index (χ2n) is 4.87. The average Bonchev–Trinajstić information content (AvgIpc) is 3.00. The van der Waals surface area contributed by atoms with Gasteiger partial charge in [-0.25, -0.2) is 0 Å². The lowest BCUT2D eigenvalue weighted by molar-refractivity contribution is 0.636. The highest BCUT2D eigenvalue weighted by Crippen LogP contribution is 2.31. The molecule has 3 rings (SSSR count). The molecule has 2 aromatic heterocycles. The number of nitrogens with one attached hydrogen (secondary N) is 1. The minimum absolute atomic E-state index is 0.123. The first-order chi connectivity index (χ1) is 10.3. The number of aromatic nitrogens is 3. The molecule has 0 bridgehead atoms. The summed E-state index contributed by atoms with van der Waals surface area (Å²) in [6, 6.07) is 8.55. The summed E-state index contributed by atoms with van der Waals surface area (Å²) in [6.45, 7) is 5.13. The van der Waals surface area contributed by atoms with Crippen molar-refractivity contribution in [2.45, 2.75) is 26.3 Å². The molecule has 0 saturated heterocycles. The summed E-state index contributed by atoms with van der Waals surface area (Å²) < 4.78 is 4.14. The molecule has 0 saturated carbocycles. The van der Waals surface area contributed by atoms with Crippen LogP contribution in [-0.2, 0) is 6.42 Å². The fourth-order valence-electron chi connectivity index (χ4n) is 2.62. The summed E-state index contributed by atoms with van der Waals surface area (Å²) in [5.74, 6) is 0. The van der Waals surface area contributed by atoms with E-state index in [2.05, 4.69) is 51.9 Å². The molecule has 0 aliphatic heterocycles. The second-order valence-corrected chi connectivity index (χ2v) is 5.66. The molecule has 1 aromatic carbocycles. The summed E-state index contributed by atoms with van der Waals surface area (Å²) in [5.41, 5.74) is 2.31. The van der Waals surface area contributed by atoms with Gasteiger partial charge in [-0.05, 0) is 41.5 Å². The van der Waals surface area contributed by atoms with Crippen LogP contribution < -0.4 is 5.32 Å². The zero-order chi connectivity index (χ0) is 14.7. The maximum Gasteiger partial charge on any atom is 0.0804 e. The topological polar surface area (TPSA) is 50.7 Å². The Morgan fingerprint density at radius 3 is 2.95 bits per heavy atom. The van der Waals surface area contributed by atoms with Crippen LogP contribution in [0.25, 0.3) is 10.8 Å². The van der Waals surface area contributed by atoms with Crippen molar-refractivity contribution in [3.05, 3.63) is 52.8 Å². The molecular weight excluding hydrogens is 280 g/mol. The van der Waals surface area contributed by atoms with Crippen LogP contribution in [0.4, 0.5) is 0 Å². The Kier molecular flexibility index (Phi) is 4.22. The van der Waals surface area contributed by atoms with Crippen LogP contribution in [0, 0.1) is 0 Å². The Bertz CT molecular complexity index is 732. The van der Waals surface area contributed by atoms with Crippen LogP contribution in [0.3, 0.4) is 0 Å². The maximum absolute atomic E-state index is 4.28. The molecule has 108 valence electrons. The number of rotatable bonds is 5. The van der Waals surface area contributed by atoms with E-state index in [0.29, 0.717) is 0 Å². The third-order valence-corrected chi connectivity index (χ3v) is 4.45. The predicted octanol–water partition coefficient (Wildman–Crippen LogP) is 3.35. The molecule has 1 unspecified atom stereocenters. The number of hydrogen-bond acceptors (Lipinski definition) is 5. The van der Waals surface area contributed by atoms with Gasteiger partial charge in [-0.2, -0.15) is 0 Å². The monoisotopic (exact) mass is 298 g/mol. The molecule has 0 amide bonds. The molecule has 3 aromatic rings. The van der Waals surface area contributed by atoms with E-state index in [1.54, 1.807) is 0 Å². The van der Waals surface area contributed by atoms with Crippen molar-refractivity contribution in [2.24, 2.45) is 0 Å². The summed E-state index contributed by atoms with van der Waals surface area (Å²) in [7, 11) is 0.